The number of carbonyl (C=O) groups is 1. The number of aryl methyl sites for hydroxylation is 3. The highest BCUT2D eigenvalue weighted by Gasteiger charge is 2.28. The van der Waals surface area contributed by atoms with Crippen molar-refractivity contribution in [3.63, 3.8) is 0 Å². The van der Waals surface area contributed by atoms with Crippen molar-refractivity contribution in [2.24, 2.45) is 7.05 Å². The Morgan fingerprint density at radius 2 is 2.04 bits per heavy atom. The molecule has 6 nitrogen and oxygen atoms in total. The molecule has 0 spiro atoms. The standard InChI is InChI=1S/C20H22N4O2/c1-13-10-17(22-14(2)21-13)19-12-24(8-9-26-19)20(25)16-11-23(3)18-7-5-4-6-15(16)18/h4-7,10-11,19H,8-9,12H2,1-3H3. The topological polar surface area (TPSA) is 60.2 Å². The molecule has 6 heteroatoms. The SMILES string of the molecule is Cc1cc(C2CN(C(=O)c3cn(C)c4ccccc34)CCO2)nc(C)n1. The quantitative estimate of drug-likeness (QED) is 0.713. The van der Waals surface area contributed by atoms with E-state index in [2.05, 4.69) is 9.97 Å². The Balaban J connectivity index is 1.62. The van der Waals surface area contributed by atoms with Crippen molar-refractivity contribution in [1.29, 1.82) is 0 Å². The second-order valence-corrected chi connectivity index (χ2v) is 6.76. The third-order valence-corrected chi connectivity index (χ3v) is 4.80. The predicted octanol–water partition coefficient (Wildman–Crippen LogP) is 2.80. The Morgan fingerprint density at radius 1 is 1.23 bits per heavy atom. The lowest BCUT2D eigenvalue weighted by molar-refractivity contribution is -0.0248. The molecular formula is C20H22N4O2. The largest absolute Gasteiger partial charge is 0.368 e. The second kappa shape index (κ2) is 6.53. The van der Waals surface area contributed by atoms with Crippen LogP contribution in [0.1, 0.15) is 33.7 Å². The highest BCUT2D eigenvalue weighted by atomic mass is 16.5. The number of hydrogen-bond acceptors (Lipinski definition) is 4. The third kappa shape index (κ3) is 2.97. The maximum atomic E-state index is 13.2. The molecule has 1 amide bonds. The van der Waals surface area contributed by atoms with Crippen molar-refractivity contribution < 1.29 is 9.53 Å². The molecule has 0 bridgehead atoms. The van der Waals surface area contributed by atoms with Crippen molar-refractivity contribution in [2.45, 2.75) is 20.0 Å². The number of nitrogens with zero attached hydrogens (tertiary/aromatic N) is 4. The first kappa shape index (κ1) is 16.7. The summed E-state index contributed by atoms with van der Waals surface area (Å²) in [7, 11) is 1.97. The van der Waals surface area contributed by atoms with Crippen LogP contribution >= 0.6 is 0 Å². The van der Waals surface area contributed by atoms with Gasteiger partial charge in [-0.25, -0.2) is 9.97 Å². The highest BCUT2D eigenvalue weighted by molar-refractivity contribution is 6.07. The van der Waals surface area contributed by atoms with Gasteiger partial charge in [0.1, 0.15) is 11.9 Å². The van der Waals surface area contributed by atoms with Gasteiger partial charge in [-0.2, -0.15) is 0 Å². The molecule has 0 radical (unpaired) electrons. The maximum absolute atomic E-state index is 13.2. The molecule has 2 aromatic heterocycles. The van der Waals surface area contributed by atoms with Crippen molar-refractivity contribution in [3.8, 4) is 0 Å². The molecule has 1 aliphatic heterocycles. The zero-order valence-electron chi connectivity index (χ0n) is 15.3. The highest BCUT2D eigenvalue weighted by Crippen LogP contribution is 2.26. The molecule has 1 fully saturated rings. The summed E-state index contributed by atoms with van der Waals surface area (Å²) in [6, 6.07) is 9.91. The van der Waals surface area contributed by atoms with Gasteiger partial charge in [0, 0.05) is 36.4 Å². The van der Waals surface area contributed by atoms with Crippen LogP contribution in [0.15, 0.2) is 36.5 Å². The lowest BCUT2D eigenvalue weighted by Crippen LogP contribution is -2.42. The molecule has 0 N–H and O–H groups in total. The number of hydrogen-bond donors (Lipinski definition) is 0. The summed E-state index contributed by atoms with van der Waals surface area (Å²) < 4.78 is 7.89. The average Bonchev–Trinajstić information content (AvgIpc) is 2.98. The number of morpholine rings is 1. The van der Waals surface area contributed by atoms with Gasteiger partial charge in [-0.3, -0.25) is 4.79 Å². The van der Waals surface area contributed by atoms with E-state index >= 15 is 0 Å². The summed E-state index contributed by atoms with van der Waals surface area (Å²) in [6.45, 7) is 5.40. The number of benzene rings is 1. The van der Waals surface area contributed by atoms with E-state index < -0.39 is 0 Å². The molecule has 0 aliphatic carbocycles. The van der Waals surface area contributed by atoms with E-state index in [9.17, 15) is 4.79 Å². The number of fused-ring (bicyclic) bond motifs is 1. The number of ether oxygens (including phenoxy) is 1. The van der Waals surface area contributed by atoms with E-state index in [1.54, 1.807) is 0 Å². The number of rotatable bonds is 2. The first-order valence-corrected chi connectivity index (χ1v) is 8.80. The number of amides is 1. The molecule has 1 saturated heterocycles. The molecule has 3 aromatic rings. The number of para-hydroxylation sites is 1. The van der Waals surface area contributed by atoms with Crippen LogP contribution in [-0.4, -0.2) is 45.0 Å². The van der Waals surface area contributed by atoms with Crippen LogP contribution in [0.2, 0.25) is 0 Å². The fraction of sp³-hybridized carbons (Fsp3) is 0.350. The van der Waals surface area contributed by atoms with Crippen molar-refractivity contribution in [1.82, 2.24) is 19.4 Å². The molecule has 26 heavy (non-hydrogen) atoms. The molecule has 0 saturated carbocycles. The lowest BCUT2D eigenvalue weighted by atomic mass is 10.1. The van der Waals surface area contributed by atoms with Crippen LogP contribution in [0.25, 0.3) is 10.9 Å². The van der Waals surface area contributed by atoms with Gasteiger partial charge in [-0.15, -0.1) is 0 Å². The van der Waals surface area contributed by atoms with E-state index in [1.807, 2.05) is 66.9 Å². The van der Waals surface area contributed by atoms with E-state index in [0.717, 1.165) is 33.7 Å². The molecule has 1 atom stereocenters. The summed E-state index contributed by atoms with van der Waals surface area (Å²) in [4.78, 5) is 23.8. The zero-order chi connectivity index (χ0) is 18.3. The minimum absolute atomic E-state index is 0.0394. The Morgan fingerprint density at radius 3 is 2.85 bits per heavy atom. The second-order valence-electron chi connectivity index (χ2n) is 6.76. The van der Waals surface area contributed by atoms with Crippen molar-refractivity contribution >= 4 is 16.8 Å². The fourth-order valence-corrected chi connectivity index (χ4v) is 3.61. The van der Waals surface area contributed by atoms with Crippen molar-refractivity contribution in [2.75, 3.05) is 19.7 Å². The predicted molar refractivity (Wildman–Crippen MR) is 99.0 cm³/mol. The van der Waals surface area contributed by atoms with Gasteiger partial charge in [0.25, 0.3) is 5.91 Å². The Kier molecular flexibility index (Phi) is 4.20. The summed E-state index contributed by atoms with van der Waals surface area (Å²) in [5.41, 5.74) is 3.54. The van der Waals surface area contributed by atoms with E-state index in [0.29, 0.717) is 19.7 Å². The minimum atomic E-state index is -0.219. The Bertz CT molecular complexity index is 959. The van der Waals surface area contributed by atoms with Gasteiger partial charge in [-0.1, -0.05) is 18.2 Å². The van der Waals surface area contributed by atoms with Crippen LogP contribution in [0.5, 0.6) is 0 Å². The average molecular weight is 350 g/mol. The summed E-state index contributed by atoms with van der Waals surface area (Å²) in [6.07, 6.45) is 1.69. The van der Waals surface area contributed by atoms with E-state index in [4.69, 9.17) is 4.74 Å². The van der Waals surface area contributed by atoms with Gasteiger partial charge in [0.2, 0.25) is 0 Å². The van der Waals surface area contributed by atoms with Crippen LogP contribution < -0.4 is 0 Å². The molecule has 1 unspecified atom stereocenters. The zero-order valence-corrected chi connectivity index (χ0v) is 15.3. The third-order valence-electron chi connectivity index (χ3n) is 4.80. The maximum Gasteiger partial charge on any atom is 0.256 e. The fourth-order valence-electron chi connectivity index (χ4n) is 3.61. The number of aromatic nitrogens is 3. The first-order valence-electron chi connectivity index (χ1n) is 8.80. The Labute approximate surface area is 152 Å². The lowest BCUT2D eigenvalue weighted by Gasteiger charge is -2.32. The summed E-state index contributed by atoms with van der Waals surface area (Å²) >= 11 is 0. The molecule has 1 aromatic carbocycles. The van der Waals surface area contributed by atoms with Gasteiger partial charge in [-0.05, 0) is 26.0 Å². The molecular weight excluding hydrogens is 328 g/mol. The molecule has 3 heterocycles. The van der Waals surface area contributed by atoms with Crippen molar-refractivity contribution in [3.05, 3.63) is 59.3 Å². The van der Waals surface area contributed by atoms with Crippen LogP contribution in [0.3, 0.4) is 0 Å². The van der Waals surface area contributed by atoms with Gasteiger partial charge in [0.05, 0.1) is 24.4 Å². The van der Waals surface area contributed by atoms with Crippen LogP contribution in [0.4, 0.5) is 0 Å². The van der Waals surface area contributed by atoms with E-state index in [-0.39, 0.29) is 12.0 Å². The first-order chi connectivity index (χ1) is 12.5. The number of carbonyl (C=O) groups excluding carboxylic acids is 1. The van der Waals surface area contributed by atoms with Gasteiger partial charge < -0.3 is 14.2 Å². The molecule has 1 aliphatic rings. The molecule has 134 valence electrons. The normalized spacial score (nSPS) is 17.7. The van der Waals surface area contributed by atoms with Crippen LogP contribution in [0, 0.1) is 13.8 Å². The minimum Gasteiger partial charge on any atom is -0.368 e. The summed E-state index contributed by atoms with van der Waals surface area (Å²) in [5, 5.41) is 0.983. The van der Waals surface area contributed by atoms with Gasteiger partial charge in [0.15, 0.2) is 0 Å². The monoisotopic (exact) mass is 350 g/mol. The molecule has 4 rings (SSSR count). The Hall–Kier alpha value is -2.73. The van der Waals surface area contributed by atoms with E-state index in [1.165, 1.54) is 0 Å². The summed E-state index contributed by atoms with van der Waals surface area (Å²) in [5.74, 6) is 0.763. The smallest absolute Gasteiger partial charge is 0.256 e. The van der Waals surface area contributed by atoms with Gasteiger partial charge >= 0.3 is 0 Å². The van der Waals surface area contributed by atoms with Crippen LogP contribution in [-0.2, 0) is 11.8 Å².